The van der Waals surface area contributed by atoms with E-state index in [1.54, 1.807) is 0 Å². The fourth-order valence-electron chi connectivity index (χ4n) is 1.89. The molecule has 5 heteroatoms. The van der Waals surface area contributed by atoms with Crippen molar-refractivity contribution in [3.63, 3.8) is 0 Å². The predicted octanol–water partition coefficient (Wildman–Crippen LogP) is 1.03. The molecular weight excluding hydrogens is 232 g/mol. The van der Waals surface area contributed by atoms with Crippen molar-refractivity contribution in [1.82, 2.24) is 5.32 Å². The van der Waals surface area contributed by atoms with Crippen LogP contribution in [0.15, 0.2) is 30.3 Å². The number of amides is 1. The monoisotopic (exact) mass is 250 g/mol. The van der Waals surface area contributed by atoms with Gasteiger partial charge in [-0.2, -0.15) is 0 Å². The van der Waals surface area contributed by atoms with Crippen LogP contribution in [0.5, 0.6) is 0 Å². The minimum atomic E-state index is -0.465. The Balaban J connectivity index is 1.82. The molecule has 98 valence electrons. The molecule has 1 heterocycles. The van der Waals surface area contributed by atoms with Crippen molar-refractivity contribution < 1.29 is 14.3 Å². The summed E-state index contributed by atoms with van der Waals surface area (Å²) < 4.78 is 10.4. The maximum atomic E-state index is 11.7. The van der Waals surface area contributed by atoms with Crippen molar-refractivity contribution in [3.8, 4) is 0 Å². The number of hydrogen-bond acceptors (Lipinski definition) is 4. The van der Waals surface area contributed by atoms with Gasteiger partial charge in [0, 0.05) is 13.2 Å². The predicted molar refractivity (Wildman–Crippen MR) is 67.0 cm³/mol. The lowest BCUT2D eigenvalue weighted by atomic mass is 10.00. The van der Waals surface area contributed by atoms with Gasteiger partial charge >= 0.3 is 6.09 Å². The molecule has 18 heavy (non-hydrogen) atoms. The molecule has 1 saturated heterocycles. The van der Waals surface area contributed by atoms with Crippen molar-refractivity contribution in [2.45, 2.75) is 18.6 Å². The van der Waals surface area contributed by atoms with Gasteiger partial charge in [-0.3, -0.25) is 0 Å². The zero-order valence-electron chi connectivity index (χ0n) is 10.2. The summed E-state index contributed by atoms with van der Waals surface area (Å²) in [6, 6.07) is 9.55. The number of nitrogens with two attached hydrogens (primary N) is 1. The maximum Gasteiger partial charge on any atom is 0.408 e. The third-order valence-electron chi connectivity index (χ3n) is 3.07. The SMILES string of the molecule is NCC1(NC(=O)OCc2ccccc2)CCOC1. The third-order valence-corrected chi connectivity index (χ3v) is 3.07. The fourth-order valence-corrected chi connectivity index (χ4v) is 1.89. The number of alkyl carbamates (subject to hydrolysis) is 1. The first-order valence-electron chi connectivity index (χ1n) is 6.01. The number of carbonyl (C=O) groups excluding carboxylic acids is 1. The van der Waals surface area contributed by atoms with Crippen LogP contribution in [-0.4, -0.2) is 31.4 Å². The van der Waals surface area contributed by atoms with E-state index >= 15 is 0 Å². The zero-order chi connectivity index (χ0) is 12.8. The number of rotatable bonds is 4. The second-order valence-electron chi connectivity index (χ2n) is 4.47. The quantitative estimate of drug-likeness (QED) is 0.837. The second-order valence-corrected chi connectivity index (χ2v) is 4.47. The van der Waals surface area contributed by atoms with Crippen LogP contribution >= 0.6 is 0 Å². The van der Waals surface area contributed by atoms with Gasteiger partial charge in [-0.1, -0.05) is 30.3 Å². The van der Waals surface area contributed by atoms with Crippen LogP contribution < -0.4 is 11.1 Å². The molecule has 0 radical (unpaired) electrons. The topological polar surface area (TPSA) is 73.6 Å². The van der Waals surface area contributed by atoms with Crippen LogP contribution in [0.1, 0.15) is 12.0 Å². The van der Waals surface area contributed by atoms with Crippen LogP contribution in [0.2, 0.25) is 0 Å². The lowest BCUT2D eigenvalue weighted by Gasteiger charge is -2.26. The molecule has 1 aliphatic rings. The summed E-state index contributed by atoms with van der Waals surface area (Å²) in [7, 11) is 0. The van der Waals surface area contributed by atoms with Gasteiger partial charge in [-0.25, -0.2) is 4.79 Å². The van der Waals surface area contributed by atoms with Crippen LogP contribution in [0.4, 0.5) is 4.79 Å². The van der Waals surface area contributed by atoms with E-state index in [2.05, 4.69) is 5.32 Å². The lowest BCUT2D eigenvalue weighted by Crippen LogP contribution is -2.54. The number of ether oxygens (including phenoxy) is 2. The summed E-state index contributed by atoms with van der Waals surface area (Å²) in [6.07, 6.45) is 0.277. The molecule has 2 rings (SSSR count). The summed E-state index contributed by atoms with van der Waals surface area (Å²) in [5.74, 6) is 0. The molecule has 1 amide bonds. The van der Waals surface area contributed by atoms with E-state index in [0.717, 1.165) is 12.0 Å². The molecule has 0 aliphatic carbocycles. The van der Waals surface area contributed by atoms with Crippen LogP contribution in [0, 0.1) is 0 Å². The Kier molecular flexibility index (Phi) is 4.17. The molecule has 0 spiro atoms. The first kappa shape index (κ1) is 12.9. The highest BCUT2D eigenvalue weighted by atomic mass is 16.5. The largest absolute Gasteiger partial charge is 0.445 e. The number of nitrogens with one attached hydrogen (secondary N) is 1. The van der Waals surface area contributed by atoms with Gasteiger partial charge in [0.05, 0.1) is 12.1 Å². The van der Waals surface area contributed by atoms with Crippen LogP contribution in [0.25, 0.3) is 0 Å². The van der Waals surface area contributed by atoms with E-state index in [4.69, 9.17) is 15.2 Å². The normalized spacial score (nSPS) is 22.7. The molecule has 1 unspecified atom stereocenters. The first-order valence-corrected chi connectivity index (χ1v) is 6.01. The molecule has 5 nitrogen and oxygen atoms in total. The Labute approximate surface area is 106 Å². The average Bonchev–Trinajstić information content (AvgIpc) is 2.87. The van der Waals surface area contributed by atoms with Crippen LogP contribution in [0.3, 0.4) is 0 Å². The highest BCUT2D eigenvalue weighted by Crippen LogP contribution is 2.17. The van der Waals surface area contributed by atoms with Crippen molar-refractivity contribution in [2.75, 3.05) is 19.8 Å². The molecule has 1 aromatic carbocycles. The van der Waals surface area contributed by atoms with Gasteiger partial charge in [-0.15, -0.1) is 0 Å². The smallest absolute Gasteiger partial charge is 0.408 e. The minimum absolute atomic E-state index is 0.258. The Bertz CT molecular complexity index is 388. The van der Waals surface area contributed by atoms with Gasteiger partial charge < -0.3 is 20.5 Å². The molecule has 0 aromatic heterocycles. The summed E-state index contributed by atoms with van der Waals surface area (Å²) >= 11 is 0. The Morgan fingerprint density at radius 2 is 2.22 bits per heavy atom. The highest BCUT2D eigenvalue weighted by molar-refractivity contribution is 5.68. The van der Waals surface area contributed by atoms with Crippen LogP contribution in [-0.2, 0) is 16.1 Å². The van der Waals surface area contributed by atoms with Gasteiger partial charge in [0.2, 0.25) is 0 Å². The first-order chi connectivity index (χ1) is 8.74. The number of hydrogen-bond donors (Lipinski definition) is 2. The highest BCUT2D eigenvalue weighted by Gasteiger charge is 2.35. The van der Waals surface area contributed by atoms with Gasteiger partial charge in [0.15, 0.2) is 0 Å². The molecule has 0 bridgehead atoms. The Morgan fingerprint density at radius 1 is 1.44 bits per heavy atom. The zero-order valence-corrected chi connectivity index (χ0v) is 10.2. The molecule has 1 fully saturated rings. The second kappa shape index (κ2) is 5.84. The van der Waals surface area contributed by atoms with Crippen molar-refractivity contribution in [2.24, 2.45) is 5.73 Å². The minimum Gasteiger partial charge on any atom is -0.445 e. The summed E-state index contributed by atoms with van der Waals surface area (Å²) in [6.45, 7) is 1.68. The van der Waals surface area contributed by atoms with E-state index in [-0.39, 0.29) is 6.61 Å². The van der Waals surface area contributed by atoms with E-state index in [1.807, 2.05) is 30.3 Å². The van der Waals surface area contributed by atoms with E-state index in [1.165, 1.54) is 0 Å². The van der Waals surface area contributed by atoms with Crippen molar-refractivity contribution >= 4 is 6.09 Å². The Morgan fingerprint density at radius 3 is 2.83 bits per heavy atom. The third kappa shape index (κ3) is 3.21. The summed E-state index contributed by atoms with van der Waals surface area (Å²) in [5.41, 5.74) is 6.17. The number of benzene rings is 1. The maximum absolute atomic E-state index is 11.7. The summed E-state index contributed by atoms with van der Waals surface area (Å²) in [4.78, 5) is 11.7. The fraction of sp³-hybridized carbons (Fsp3) is 0.462. The number of carbonyl (C=O) groups is 1. The summed E-state index contributed by atoms with van der Waals surface area (Å²) in [5, 5.41) is 2.80. The lowest BCUT2D eigenvalue weighted by molar-refractivity contribution is 0.119. The average molecular weight is 250 g/mol. The molecule has 0 saturated carbocycles. The van der Waals surface area contributed by atoms with Gasteiger partial charge in [0.1, 0.15) is 6.61 Å². The molecular formula is C13H18N2O3. The standard InChI is InChI=1S/C13H18N2O3/c14-9-13(6-7-17-10-13)15-12(16)18-8-11-4-2-1-3-5-11/h1-5H,6-10,14H2,(H,15,16). The molecule has 1 atom stereocenters. The van der Waals surface area contributed by atoms with Crippen molar-refractivity contribution in [1.29, 1.82) is 0 Å². The van der Waals surface area contributed by atoms with Crippen molar-refractivity contribution in [3.05, 3.63) is 35.9 Å². The van der Waals surface area contributed by atoms with E-state index < -0.39 is 11.6 Å². The molecule has 3 N–H and O–H groups in total. The Hall–Kier alpha value is -1.59. The van der Waals surface area contributed by atoms with E-state index in [0.29, 0.717) is 19.8 Å². The van der Waals surface area contributed by atoms with E-state index in [9.17, 15) is 4.79 Å². The van der Waals surface area contributed by atoms with Gasteiger partial charge in [-0.05, 0) is 12.0 Å². The van der Waals surface area contributed by atoms with Gasteiger partial charge in [0.25, 0.3) is 0 Å². The molecule has 1 aliphatic heterocycles. The molecule has 1 aromatic rings.